The summed E-state index contributed by atoms with van der Waals surface area (Å²) in [7, 11) is 1.81. The van der Waals surface area contributed by atoms with Gasteiger partial charge in [-0.25, -0.2) is 0 Å². The van der Waals surface area contributed by atoms with E-state index in [1.807, 2.05) is 19.2 Å². The van der Waals surface area contributed by atoms with Crippen molar-refractivity contribution in [1.29, 1.82) is 0 Å². The van der Waals surface area contributed by atoms with Crippen LogP contribution in [0.4, 0.5) is 0 Å². The second-order valence-corrected chi connectivity index (χ2v) is 3.72. The maximum Gasteiger partial charge on any atom is 0.115 e. The van der Waals surface area contributed by atoms with E-state index in [1.54, 1.807) is 12.1 Å². The van der Waals surface area contributed by atoms with Crippen molar-refractivity contribution in [3.05, 3.63) is 59.4 Å². The Morgan fingerprint density at radius 2 is 1.38 bits per heavy atom. The van der Waals surface area contributed by atoms with E-state index in [0.29, 0.717) is 5.75 Å². The third-order valence-electron chi connectivity index (χ3n) is 2.50. The first-order valence-corrected chi connectivity index (χ1v) is 5.23. The lowest BCUT2D eigenvalue weighted by atomic mass is 10.0. The van der Waals surface area contributed by atoms with Gasteiger partial charge >= 0.3 is 0 Å². The van der Waals surface area contributed by atoms with Crippen molar-refractivity contribution in [1.82, 2.24) is 0 Å². The molecule has 0 heterocycles. The van der Waals surface area contributed by atoms with Gasteiger partial charge in [0.25, 0.3) is 0 Å². The lowest BCUT2D eigenvalue weighted by Gasteiger charge is -2.11. The Balaban J connectivity index is 2.24. The molecule has 2 aromatic carbocycles. The fraction of sp³-hybridized carbons (Fsp3) is 0.143. The van der Waals surface area contributed by atoms with E-state index in [1.165, 1.54) is 5.56 Å². The zero-order chi connectivity index (χ0) is 11.4. The third kappa shape index (κ3) is 2.41. The van der Waals surface area contributed by atoms with Crippen molar-refractivity contribution in [2.24, 2.45) is 0 Å². The van der Waals surface area contributed by atoms with Crippen LogP contribution in [0, 0.1) is 0 Å². The summed E-state index contributed by atoms with van der Waals surface area (Å²) in [5.41, 5.74) is 3.47. The second-order valence-electron chi connectivity index (χ2n) is 3.72. The molecule has 0 saturated heterocycles. The Bertz CT molecular complexity index is 445. The second kappa shape index (κ2) is 4.81. The molecule has 0 aliphatic rings. The Kier molecular flexibility index (Phi) is 3.22. The highest BCUT2D eigenvalue weighted by Gasteiger charge is 1.96. The van der Waals surface area contributed by atoms with E-state index in [9.17, 15) is 5.11 Å². The van der Waals surface area contributed by atoms with Crippen molar-refractivity contribution in [3.63, 3.8) is 0 Å². The quantitative estimate of drug-likeness (QED) is 0.829. The van der Waals surface area contributed by atoms with Crippen molar-refractivity contribution in [3.8, 4) is 16.9 Å². The molecule has 0 amide bonds. The first kappa shape index (κ1) is 10.7. The number of hydrogen-bond donors (Lipinski definition) is 1. The zero-order valence-electron chi connectivity index (χ0n) is 9.22. The highest BCUT2D eigenvalue weighted by atomic mass is 16.3. The van der Waals surface area contributed by atoms with Gasteiger partial charge in [-0.1, -0.05) is 42.0 Å². The van der Waals surface area contributed by atoms with E-state index in [4.69, 9.17) is 0 Å². The number of nitrogens with zero attached hydrogens (tertiary/aromatic N) is 1. The summed E-state index contributed by atoms with van der Waals surface area (Å²) < 4.78 is 0. The molecule has 0 aromatic heterocycles. The van der Waals surface area contributed by atoms with Gasteiger partial charge in [0, 0.05) is 0 Å². The molecule has 2 heteroatoms. The molecule has 2 rings (SSSR count). The maximum absolute atomic E-state index is 9.21. The van der Waals surface area contributed by atoms with Crippen molar-refractivity contribution >= 4 is 0 Å². The third-order valence-corrected chi connectivity index (χ3v) is 2.50. The molecule has 2 aromatic rings. The minimum Gasteiger partial charge on any atom is -0.661 e. The van der Waals surface area contributed by atoms with E-state index in [-0.39, 0.29) is 0 Å². The summed E-state index contributed by atoms with van der Waals surface area (Å²) in [5.74, 6) is 0.296. The van der Waals surface area contributed by atoms with Crippen LogP contribution in [-0.2, 0) is 6.54 Å². The summed E-state index contributed by atoms with van der Waals surface area (Å²) in [4.78, 5) is 0. The highest BCUT2D eigenvalue weighted by molar-refractivity contribution is 5.64. The molecule has 82 valence electrons. The van der Waals surface area contributed by atoms with Crippen LogP contribution in [0.1, 0.15) is 5.56 Å². The van der Waals surface area contributed by atoms with Gasteiger partial charge in [-0.2, -0.15) is 7.05 Å². The molecule has 0 spiro atoms. The van der Waals surface area contributed by atoms with Gasteiger partial charge in [-0.3, -0.25) is 0 Å². The molecule has 0 fully saturated rings. The predicted octanol–water partition coefficient (Wildman–Crippen LogP) is 3.56. The number of phenols is 1. The Morgan fingerprint density at radius 3 is 1.88 bits per heavy atom. The number of hydrogen-bond acceptors (Lipinski definition) is 1. The van der Waals surface area contributed by atoms with Crippen LogP contribution in [-0.4, -0.2) is 12.2 Å². The van der Waals surface area contributed by atoms with Gasteiger partial charge in [0.05, 0.1) is 0 Å². The van der Waals surface area contributed by atoms with Crippen molar-refractivity contribution < 1.29 is 5.11 Å². The van der Waals surface area contributed by atoms with E-state index in [2.05, 4.69) is 29.6 Å². The summed E-state index contributed by atoms with van der Waals surface area (Å²) in [6.45, 7) is 0.760. The standard InChI is InChI=1S/C14H14NO/c1-15-10-11-2-4-12(5-3-11)13-6-8-14(16)9-7-13/h2-9,16H,10H2,1H3/q-1. The average Bonchev–Trinajstić information content (AvgIpc) is 2.32. The van der Waals surface area contributed by atoms with Crippen LogP contribution in [0.25, 0.3) is 16.4 Å². The number of aromatic hydroxyl groups is 1. The molecular formula is C14H14NO-. The summed E-state index contributed by atoms with van der Waals surface area (Å²) in [6.07, 6.45) is 0. The minimum atomic E-state index is 0.296. The van der Waals surface area contributed by atoms with Gasteiger partial charge < -0.3 is 10.4 Å². The molecule has 0 aliphatic heterocycles. The van der Waals surface area contributed by atoms with E-state index < -0.39 is 0 Å². The Morgan fingerprint density at radius 1 is 0.875 bits per heavy atom. The van der Waals surface area contributed by atoms with Gasteiger partial charge in [0.2, 0.25) is 0 Å². The number of phenolic OH excluding ortho intramolecular Hbond substituents is 1. The molecule has 0 radical (unpaired) electrons. The van der Waals surface area contributed by atoms with Gasteiger partial charge in [-0.15, -0.1) is 6.54 Å². The van der Waals surface area contributed by atoms with Crippen LogP contribution in [0.15, 0.2) is 48.5 Å². The fourth-order valence-corrected chi connectivity index (χ4v) is 1.64. The molecule has 2 nitrogen and oxygen atoms in total. The average molecular weight is 212 g/mol. The summed E-state index contributed by atoms with van der Waals surface area (Å²) >= 11 is 0. The molecular weight excluding hydrogens is 198 g/mol. The summed E-state index contributed by atoms with van der Waals surface area (Å²) in [5, 5.41) is 13.3. The van der Waals surface area contributed by atoms with Gasteiger partial charge in [0.1, 0.15) is 5.75 Å². The maximum atomic E-state index is 9.21. The topological polar surface area (TPSA) is 34.3 Å². The minimum absolute atomic E-state index is 0.296. The molecule has 0 atom stereocenters. The Labute approximate surface area is 95.6 Å². The smallest absolute Gasteiger partial charge is 0.115 e. The van der Waals surface area contributed by atoms with Crippen LogP contribution in [0.2, 0.25) is 0 Å². The normalized spacial score (nSPS) is 10.3. The fourth-order valence-electron chi connectivity index (χ4n) is 1.64. The predicted molar refractivity (Wildman–Crippen MR) is 66.5 cm³/mol. The SMILES string of the molecule is C[N-]Cc1ccc(-c2ccc(O)cc2)cc1. The zero-order valence-corrected chi connectivity index (χ0v) is 9.22. The largest absolute Gasteiger partial charge is 0.661 e. The molecule has 0 unspecified atom stereocenters. The first-order chi connectivity index (χ1) is 7.79. The Hall–Kier alpha value is -1.80. The van der Waals surface area contributed by atoms with Gasteiger partial charge in [-0.05, 0) is 23.3 Å². The van der Waals surface area contributed by atoms with Crippen molar-refractivity contribution in [2.75, 3.05) is 7.05 Å². The van der Waals surface area contributed by atoms with Crippen LogP contribution >= 0.6 is 0 Å². The number of rotatable bonds is 3. The molecule has 0 bridgehead atoms. The van der Waals surface area contributed by atoms with Crippen LogP contribution in [0.5, 0.6) is 5.75 Å². The molecule has 0 aliphatic carbocycles. The molecule has 0 saturated carbocycles. The lowest BCUT2D eigenvalue weighted by molar-refractivity contribution is 0.475. The first-order valence-electron chi connectivity index (χ1n) is 5.23. The van der Waals surface area contributed by atoms with Gasteiger partial charge in [0.15, 0.2) is 0 Å². The van der Waals surface area contributed by atoms with Crippen LogP contribution in [0.3, 0.4) is 0 Å². The lowest BCUT2D eigenvalue weighted by Crippen LogP contribution is -1.83. The number of benzene rings is 2. The van der Waals surface area contributed by atoms with E-state index in [0.717, 1.165) is 17.7 Å². The summed E-state index contributed by atoms with van der Waals surface area (Å²) in [6, 6.07) is 15.5. The van der Waals surface area contributed by atoms with E-state index >= 15 is 0 Å². The highest BCUT2D eigenvalue weighted by Crippen LogP contribution is 2.22. The van der Waals surface area contributed by atoms with Crippen molar-refractivity contribution in [2.45, 2.75) is 6.54 Å². The monoisotopic (exact) mass is 212 g/mol. The molecule has 1 N–H and O–H groups in total. The van der Waals surface area contributed by atoms with Crippen LogP contribution < -0.4 is 0 Å². The molecule has 16 heavy (non-hydrogen) atoms.